The van der Waals surface area contributed by atoms with E-state index >= 15 is 0 Å². The van der Waals surface area contributed by atoms with E-state index < -0.39 is 28.1 Å². The zero-order chi connectivity index (χ0) is 22.5. The topological polar surface area (TPSA) is 96.0 Å². The van der Waals surface area contributed by atoms with Crippen LogP contribution in [-0.4, -0.2) is 75.0 Å². The van der Waals surface area contributed by atoms with Gasteiger partial charge in [-0.1, -0.05) is 32.4 Å². The van der Waals surface area contributed by atoms with Crippen molar-refractivity contribution in [2.75, 3.05) is 32.7 Å². The summed E-state index contributed by atoms with van der Waals surface area (Å²) >= 11 is 5.81. The number of amides is 1. The molecule has 0 radical (unpaired) electrons. The second-order valence-corrected chi connectivity index (χ2v) is 9.79. The maximum Gasteiger partial charge on any atom is 0.325 e. The maximum atomic E-state index is 12.7. The van der Waals surface area contributed by atoms with Gasteiger partial charge in [0.1, 0.15) is 6.04 Å². The highest BCUT2D eigenvalue weighted by Gasteiger charge is 2.33. The summed E-state index contributed by atoms with van der Waals surface area (Å²) in [6.07, 6.45) is -0.994. The van der Waals surface area contributed by atoms with Gasteiger partial charge in [-0.2, -0.15) is 4.72 Å². The number of hydrogen-bond donors (Lipinski definition) is 1. The summed E-state index contributed by atoms with van der Waals surface area (Å²) in [4.78, 5) is 29.2. The summed E-state index contributed by atoms with van der Waals surface area (Å²) in [6, 6.07) is 4.50. The molecule has 30 heavy (non-hydrogen) atoms. The third-order valence-corrected chi connectivity index (χ3v) is 6.81. The average molecular weight is 460 g/mol. The SMILES string of the molecule is CCN1CCN(C(=O)[C@H](C)OC(=O)[C@H](NS(=O)(=O)c2ccc(Cl)cc2)C(C)C)CC1. The molecule has 10 heteroatoms. The lowest BCUT2D eigenvalue weighted by atomic mass is 10.1. The predicted octanol–water partition coefficient (Wildman–Crippen LogP) is 1.74. The molecule has 1 aromatic rings. The number of likely N-dealkylation sites (N-methyl/N-ethyl adjacent to an activating group) is 1. The summed E-state index contributed by atoms with van der Waals surface area (Å²) in [5.41, 5.74) is 0. The zero-order valence-corrected chi connectivity index (χ0v) is 19.4. The Morgan fingerprint density at radius 2 is 1.67 bits per heavy atom. The lowest BCUT2D eigenvalue weighted by Crippen LogP contribution is -2.52. The number of carbonyl (C=O) groups excluding carboxylic acids is 2. The quantitative estimate of drug-likeness (QED) is 0.595. The molecule has 168 valence electrons. The molecule has 0 saturated carbocycles. The van der Waals surface area contributed by atoms with E-state index in [9.17, 15) is 18.0 Å². The fourth-order valence-corrected chi connectivity index (χ4v) is 4.60. The van der Waals surface area contributed by atoms with Gasteiger partial charge in [0, 0.05) is 31.2 Å². The van der Waals surface area contributed by atoms with Crippen molar-refractivity contribution in [1.82, 2.24) is 14.5 Å². The largest absolute Gasteiger partial charge is 0.451 e. The van der Waals surface area contributed by atoms with E-state index in [1.54, 1.807) is 18.7 Å². The van der Waals surface area contributed by atoms with Gasteiger partial charge in [-0.3, -0.25) is 9.59 Å². The molecule has 0 aliphatic carbocycles. The van der Waals surface area contributed by atoms with Crippen LogP contribution in [-0.2, 0) is 24.3 Å². The molecular formula is C20H30ClN3O5S. The van der Waals surface area contributed by atoms with Gasteiger partial charge in [-0.15, -0.1) is 0 Å². The molecule has 2 rings (SSSR count). The van der Waals surface area contributed by atoms with Crippen molar-refractivity contribution >= 4 is 33.5 Å². The van der Waals surface area contributed by atoms with Crippen LogP contribution in [0.1, 0.15) is 27.7 Å². The summed E-state index contributed by atoms with van der Waals surface area (Å²) in [5.74, 6) is -1.44. The van der Waals surface area contributed by atoms with E-state index in [4.69, 9.17) is 16.3 Å². The fourth-order valence-electron chi connectivity index (χ4n) is 3.14. The Morgan fingerprint density at radius 1 is 1.10 bits per heavy atom. The van der Waals surface area contributed by atoms with E-state index in [1.807, 2.05) is 0 Å². The lowest BCUT2D eigenvalue weighted by Gasteiger charge is -2.35. The number of nitrogens with one attached hydrogen (secondary N) is 1. The molecule has 1 N–H and O–H groups in total. The van der Waals surface area contributed by atoms with Crippen LogP contribution in [0.15, 0.2) is 29.2 Å². The minimum absolute atomic E-state index is 0.0109. The van der Waals surface area contributed by atoms with Crippen molar-refractivity contribution in [3.8, 4) is 0 Å². The number of carbonyl (C=O) groups is 2. The molecule has 0 bridgehead atoms. The number of ether oxygens (including phenoxy) is 1. The molecule has 1 saturated heterocycles. The molecule has 0 spiro atoms. The van der Waals surface area contributed by atoms with Crippen LogP contribution < -0.4 is 4.72 Å². The molecule has 8 nitrogen and oxygen atoms in total. The van der Waals surface area contributed by atoms with Crippen LogP contribution in [0.25, 0.3) is 0 Å². The number of piperazine rings is 1. The first-order chi connectivity index (χ1) is 14.0. The van der Waals surface area contributed by atoms with Crippen molar-refractivity contribution in [1.29, 1.82) is 0 Å². The Balaban J connectivity index is 2.02. The molecule has 1 heterocycles. The first-order valence-corrected chi connectivity index (χ1v) is 11.9. The number of hydrogen-bond acceptors (Lipinski definition) is 6. The smallest absolute Gasteiger partial charge is 0.325 e. The van der Waals surface area contributed by atoms with Gasteiger partial charge < -0.3 is 14.5 Å². The number of halogens is 1. The number of sulfonamides is 1. The number of benzene rings is 1. The van der Waals surface area contributed by atoms with Crippen LogP contribution in [0.3, 0.4) is 0 Å². The normalized spacial score (nSPS) is 17.6. The monoisotopic (exact) mass is 459 g/mol. The van der Waals surface area contributed by atoms with Crippen molar-refractivity contribution < 1.29 is 22.7 Å². The molecule has 1 amide bonds. The minimum atomic E-state index is -3.96. The molecule has 0 unspecified atom stereocenters. The van der Waals surface area contributed by atoms with Crippen LogP contribution in [0.2, 0.25) is 5.02 Å². The summed E-state index contributed by atoms with van der Waals surface area (Å²) in [7, 11) is -3.96. The zero-order valence-electron chi connectivity index (χ0n) is 17.8. The van der Waals surface area contributed by atoms with E-state index in [2.05, 4.69) is 16.5 Å². The first-order valence-electron chi connectivity index (χ1n) is 10.0. The van der Waals surface area contributed by atoms with Gasteiger partial charge in [0.25, 0.3) is 5.91 Å². The van der Waals surface area contributed by atoms with Crippen molar-refractivity contribution in [3.05, 3.63) is 29.3 Å². The van der Waals surface area contributed by atoms with Crippen molar-refractivity contribution in [3.63, 3.8) is 0 Å². The Labute approximate surface area is 183 Å². The molecule has 1 aromatic carbocycles. The summed E-state index contributed by atoms with van der Waals surface area (Å²) in [5, 5.41) is 0.404. The van der Waals surface area contributed by atoms with Crippen molar-refractivity contribution in [2.24, 2.45) is 5.92 Å². The minimum Gasteiger partial charge on any atom is -0.451 e. The maximum absolute atomic E-state index is 12.7. The van der Waals surface area contributed by atoms with E-state index in [-0.39, 0.29) is 16.7 Å². The van der Waals surface area contributed by atoms with Gasteiger partial charge in [-0.05, 0) is 43.7 Å². The Bertz CT molecular complexity index is 837. The fraction of sp³-hybridized carbons (Fsp3) is 0.600. The second kappa shape index (κ2) is 10.6. The van der Waals surface area contributed by atoms with Gasteiger partial charge >= 0.3 is 5.97 Å². The third-order valence-electron chi connectivity index (χ3n) is 5.10. The van der Waals surface area contributed by atoms with Gasteiger partial charge in [0.05, 0.1) is 4.90 Å². The average Bonchev–Trinajstić information content (AvgIpc) is 2.71. The van der Waals surface area contributed by atoms with Crippen LogP contribution in [0.5, 0.6) is 0 Å². The van der Waals surface area contributed by atoms with Crippen molar-refractivity contribution in [2.45, 2.75) is 44.7 Å². The molecule has 0 aromatic heterocycles. The second-order valence-electron chi connectivity index (χ2n) is 7.64. The third kappa shape index (κ3) is 6.41. The highest BCUT2D eigenvalue weighted by molar-refractivity contribution is 7.89. The highest BCUT2D eigenvalue weighted by atomic mass is 35.5. The van der Waals surface area contributed by atoms with Gasteiger partial charge in [-0.25, -0.2) is 8.42 Å². The summed E-state index contributed by atoms with van der Waals surface area (Å²) in [6.45, 7) is 10.6. The van der Waals surface area contributed by atoms with Gasteiger partial charge in [0.15, 0.2) is 6.10 Å². The Kier molecular flexibility index (Phi) is 8.66. The van der Waals surface area contributed by atoms with Crippen LogP contribution >= 0.6 is 11.6 Å². The standard InChI is InChI=1S/C20H30ClN3O5S/c1-5-23-10-12-24(13-11-23)19(25)15(4)29-20(26)18(14(2)3)22-30(27,28)17-8-6-16(21)7-9-17/h6-9,14-15,18,22H,5,10-13H2,1-4H3/t15-,18+/m0/s1. The molecule has 1 fully saturated rings. The molecule has 2 atom stereocenters. The molecule has 1 aliphatic heterocycles. The molecule has 1 aliphatic rings. The Hall–Kier alpha value is -1.68. The number of nitrogens with zero attached hydrogens (tertiary/aromatic N) is 2. The number of rotatable bonds is 8. The lowest BCUT2D eigenvalue weighted by molar-refractivity contribution is -0.162. The number of esters is 1. The molecular weight excluding hydrogens is 430 g/mol. The van der Waals surface area contributed by atoms with E-state index in [0.29, 0.717) is 18.1 Å². The predicted molar refractivity (Wildman–Crippen MR) is 115 cm³/mol. The summed E-state index contributed by atoms with van der Waals surface area (Å²) < 4.78 is 33.0. The Morgan fingerprint density at radius 3 is 2.17 bits per heavy atom. The van der Waals surface area contributed by atoms with Crippen LogP contribution in [0.4, 0.5) is 0 Å². The van der Waals surface area contributed by atoms with Crippen LogP contribution in [0, 0.1) is 5.92 Å². The van der Waals surface area contributed by atoms with E-state index in [1.165, 1.54) is 31.2 Å². The first kappa shape index (κ1) is 24.6. The van der Waals surface area contributed by atoms with E-state index in [0.717, 1.165) is 19.6 Å². The highest BCUT2D eigenvalue weighted by Crippen LogP contribution is 2.17. The van der Waals surface area contributed by atoms with Gasteiger partial charge in [0.2, 0.25) is 10.0 Å².